The van der Waals surface area contributed by atoms with E-state index < -0.39 is 5.97 Å². The van der Waals surface area contributed by atoms with E-state index in [9.17, 15) is 9.59 Å². The van der Waals surface area contributed by atoms with Crippen LogP contribution >= 0.6 is 0 Å². The van der Waals surface area contributed by atoms with Crippen LogP contribution in [0.15, 0.2) is 0 Å². The van der Waals surface area contributed by atoms with Crippen molar-refractivity contribution >= 4 is 11.9 Å². The molecule has 1 amide bonds. The summed E-state index contributed by atoms with van der Waals surface area (Å²) in [6.07, 6.45) is 1.00. The zero-order chi connectivity index (χ0) is 11.7. The summed E-state index contributed by atoms with van der Waals surface area (Å²) in [6, 6.07) is 0. The standard InChI is InChI=1S/C10H20N2O3/c1-8(2)3-6-12-9(13)7-11-5-4-10(14)15/h8,11H,3-7H2,1-2H3,(H,12,13)(H,14,15). The van der Waals surface area contributed by atoms with Crippen molar-refractivity contribution in [3.8, 4) is 0 Å². The maximum atomic E-state index is 11.1. The summed E-state index contributed by atoms with van der Waals surface area (Å²) in [5, 5.41) is 13.9. The summed E-state index contributed by atoms with van der Waals surface area (Å²) < 4.78 is 0. The van der Waals surface area contributed by atoms with Crippen LogP contribution in [0.5, 0.6) is 0 Å². The second kappa shape index (κ2) is 8.23. The van der Waals surface area contributed by atoms with Gasteiger partial charge in [-0.25, -0.2) is 0 Å². The number of carbonyl (C=O) groups excluding carboxylic acids is 1. The Bertz CT molecular complexity index is 205. The number of carbonyl (C=O) groups is 2. The molecular formula is C10H20N2O3. The minimum atomic E-state index is -0.859. The number of aliphatic carboxylic acids is 1. The lowest BCUT2D eigenvalue weighted by molar-refractivity contribution is -0.137. The first-order valence-corrected chi connectivity index (χ1v) is 5.21. The van der Waals surface area contributed by atoms with Gasteiger partial charge in [0.15, 0.2) is 0 Å². The molecule has 5 heteroatoms. The van der Waals surface area contributed by atoms with E-state index in [-0.39, 0.29) is 18.9 Å². The Kier molecular flexibility index (Phi) is 7.62. The van der Waals surface area contributed by atoms with Gasteiger partial charge in [-0.05, 0) is 12.3 Å². The van der Waals surface area contributed by atoms with Crippen LogP contribution in [-0.2, 0) is 9.59 Å². The SMILES string of the molecule is CC(C)CCNC(=O)CNCCC(=O)O. The van der Waals surface area contributed by atoms with Crippen LogP contribution in [0, 0.1) is 5.92 Å². The molecule has 0 radical (unpaired) electrons. The molecule has 0 aliphatic heterocycles. The Morgan fingerprint density at radius 3 is 2.47 bits per heavy atom. The average Bonchev–Trinajstić information content (AvgIpc) is 2.11. The Labute approximate surface area is 90.2 Å². The van der Waals surface area contributed by atoms with Crippen molar-refractivity contribution in [2.45, 2.75) is 26.7 Å². The van der Waals surface area contributed by atoms with Crippen molar-refractivity contribution in [1.29, 1.82) is 0 Å². The van der Waals surface area contributed by atoms with Crippen LogP contribution in [0.4, 0.5) is 0 Å². The van der Waals surface area contributed by atoms with Gasteiger partial charge < -0.3 is 15.7 Å². The summed E-state index contributed by atoms with van der Waals surface area (Å²) in [5.41, 5.74) is 0. The molecule has 0 aromatic rings. The van der Waals surface area contributed by atoms with Crippen molar-refractivity contribution in [3.63, 3.8) is 0 Å². The predicted octanol–water partition coefficient (Wildman–Crippen LogP) is 0.213. The highest BCUT2D eigenvalue weighted by Crippen LogP contribution is 1.95. The molecule has 0 fully saturated rings. The molecule has 0 rings (SSSR count). The van der Waals surface area contributed by atoms with E-state index in [0.717, 1.165) is 6.42 Å². The molecule has 0 aliphatic carbocycles. The molecule has 3 N–H and O–H groups in total. The van der Waals surface area contributed by atoms with Crippen molar-refractivity contribution in [2.24, 2.45) is 5.92 Å². The Morgan fingerprint density at radius 1 is 1.27 bits per heavy atom. The third-order valence-corrected chi connectivity index (χ3v) is 1.85. The van der Waals surface area contributed by atoms with Gasteiger partial charge in [-0.15, -0.1) is 0 Å². The lowest BCUT2D eigenvalue weighted by Gasteiger charge is -2.07. The van der Waals surface area contributed by atoms with Crippen LogP contribution < -0.4 is 10.6 Å². The Hall–Kier alpha value is -1.10. The van der Waals surface area contributed by atoms with Gasteiger partial charge in [0, 0.05) is 13.1 Å². The summed E-state index contributed by atoms with van der Waals surface area (Å²) in [4.78, 5) is 21.3. The molecule has 0 aromatic carbocycles. The molecule has 88 valence electrons. The van der Waals surface area contributed by atoms with Crippen LogP contribution in [0.2, 0.25) is 0 Å². The van der Waals surface area contributed by atoms with E-state index in [0.29, 0.717) is 19.0 Å². The van der Waals surface area contributed by atoms with E-state index in [1.165, 1.54) is 0 Å². The summed E-state index contributed by atoms with van der Waals surface area (Å²) >= 11 is 0. The molecular weight excluding hydrogens is 196 g/mol. The number of rotatable bonds is 8. The highest BCUT2D eigenvalue weighted by Gasteiger charge is 2.01. The van der Waals surface area contributed by atoms with Gasteiger partial charge in [0.2, 0.25) is 5.91 Å². The summed E-state index contributed by atoms with van der Waals surface area (Å²) in [6.45, 7) is 5.38. The zero-order valence-electron chi connectivity index (χ0n) is 9.38. The molecule has 0 saturated heterocycles. The monoisotopic (exact) mass is 216 g/mol. The van der Waals surface area contributed by atoms with Gasteiger partial charge >= 0.3 is 5.97 Å². The van der Waals surface area contributed by atoms with E-state index in [1.54, 1.807) is 0 Å². The third-order valence-electron chi connectivity index (χ3n) is 1.85. The third kappa shape index (κ3) is 10.8. The van der Waals surface area contributed by atoms with Gasteiger partial charge in [0.1, 0.15) is 0 Å². The molecule has 0 spiro atoms. The second-order valence-corrected chi connectivity index (χ2v) is 3.85. The van der Waals surface area contributed by atoms with E-state index in [2.05, 4.69) is 24.5 Å². The molecule has 0 heterocycles. The van der Waals surface area contributed by atoms with Gasteiger partial charge in [0.25, 0.3) is 0 Å². The van der Waals surface area contributed by atoms with Crippen molar-refractivity contribution in [3.05, 3.63) is 0 Å². The highest BCUT2D eigenvalue weighted by molar-refractivity contribution is 5.78. The quantitative estimate of drug-likeness (QED) is 0.507. The molecule has 0 aliphatic rings. The fourth-order valence-electron chi connectivity index (χ4n) is 0.960. The Morgan fingerprint density at radius 2 is 1.93 bits per heavy atom. The largest absolute Gasteiger partial charge is 0.481 e. The molecule has 0 bridgehead atoms. The minimum absolute atomic E-state index is 0.0409. The van der Waals surface area contributed by atoms with E-state index in [1.807, 2.05) is 0 Å². The van der Waals surface area contributed by atoms with Crippen LogP contribution in [0.25, 0.3) is 0 Å². The molecule has 15 heavy (non-hydrogen) atoms. The lowest BCUT2D eigenvalue weighted by Crippen LogP contribution is -2.35. The topological polar surface area (TPSA) is 78.4 Å². The fourth-order valence-corrected chi connectivity index (χ4v) is 0.960. The number of hydrogen-bond donors (Lipinski definition) is 3. The van der Waals surface area contributed by atoms with Gasteiger partial charge in [-0.1, -0.05) is 13.8 Å². The normalized spacial score (nSPS) is 10.3. The van der Waals surface area contributed by atoms with Crippen molar-refractivity contribution in [2.75, 3.05) is 19.6 Å². The van der Waals surface area contributed by atoms with Crippen LogP contribution in [-0.4, -0.2) is 36.6 Å². The maximum absolute atomic E-state index is 11.1. The first kappa shape index (κ1) is 13.9. The summed E-state index contributed by atoms with van der Waals surface area (Å²) in [7, 11) is 0. The number of amides is 1. The average molecular weight is 216 g/mol. The molecule has 0 aromatic heterocycles. The minimum Gasteiger partial charge on any atom is -0.481 e. The highest BCUT2D eigenvalue weighted by atomic mass is 16.4. The van der Waals surface area contributed by atoms with Gasteiger partial charge in [0.05, 0.1) is 13.0 Å². The van der Waals surface area contributed by atoms with Crippen molar-refractivity contribution < 1.29 is 14.7 Å². The first-order valence-electron chi connectivity index (χ1n) is 5.21. The number of hydrogen-bond acceptors (Lipinski definition) is 3. The van der Waals surface area contributed by atoms with Crippen LogP contribution in [0.1, 0.15) is 26.7 Å². The fraction of sp³-hybridized carbons (Fsp3) is 0.800. The predicted molar refractivity (Wildman–Crippen MR) is 57.6 cm³/mol. The lowest BCUT2D eigenvalue weighted by atomic mass is 10.1. The summed E-state index contributed by atoms with van der Waals surface area (Å²) in [5.74, 6) is -0.367. The van der Waals surface area contributed by atoms with E-state index >= 15 is 0 Å². The maximum Gasteiger partial charge on any atom is 0.304 e. The Balaban J connectivity index is 3.30. The van der Waals surface area contributed by atoms with E-state index in [4.69, 9.17) is 5.11 Å². The number of nitrogens with one attached hydrogen (secondary N) is 2. The van der Waals surface area contributed by atoms with Crippen molar-refractivity contribution in [1.82, 2.24) is 10.6 Å². The zero-order valence-corrected chi connectivity index (χ0v) is 9.38. The molecule has 0 unspecified atom stereocenters. The van der Waals surface area contributed by atoms with Gasteiger partial charge in [-0.3, -0.25) is 9.59 Å². The molecule has 5 nitrogen and oxygen atoms in total. The number of carboxylic acids is 1. The number of carboxylic acid groups (broad SMARTS) is 1. The first-order chi connectivity index (χ1) is 7.02. The molecule has 0 atom stereocenters. The van der Waals surface area contributed by atoms with Gasteiger partial charge in [-0.2, -0.15) is 0 Å². The smallest absolute Gasteiger partial charge is 0.304 e. The second-order valence-electron chi connectivity index (χ2n) is 3.85. The molecule has 0 saturated carbocycles. The van der Waals surface area contributed by atoms with Crippen LogP contribution in [0.3, 0.4) is 0 Å².